The summed E-state index contributed by atoms with van der Waals surface area (Å²) in [6, 6.07) is 1.20. The van der Waals surface area contributed by atoms with Crippen molar-refractivity contribution in [3.8, 4) is 0 Å². The van der Waals surface area contributed by atoms with Gasteiger partial charge >= 0.3 is 0 Å². The zero-order chi connectivity index (χ0) is 9.97. The number of carbonyl (C=O) groups excluding carboxylic acids is 1. The Balaban J connectivity index is 2.22. The van der Waals surface area contributed by atoms with Gasteiger partial charge in [0, 0.05) is 24.9 Å². The van der Waals surface area contributed by atoms with Crippen LogP contribution in [0.25, 0.3) is 0 Å². The van der Waals surface area contributed by atoms with Crippen molar-refractivity contribution in [1.29, 1.82) is 0 Å². The first-order chi connectivity index (χ1) is 6.79. The molecule has 1 fully saturated rings. The second-order valence-corrected chi connectivity index (χ2v) is 3.28. The van der Waals surface area contributed by atoms with Crippen molar-refractivity contribution in [3.05, 3.63) is 29.8 Å². The van der Waals surface area contributed by atoms with Crippen LogP contribution in [0, 0.1) is 11.7 Å². The molecule has 2 heterocycles. The molecule has 2 rings (SSSR count). The third-order valence-corrected chi connectivity index (χ3v) is 2.33. The molecule has 0 amide bonds. The number of pyridine rings is 1. The van der Waals surface area contributed by atoms with Gasteiger partial charge < -0.3 is 4.74 Å². The summed E-state index contributed by atoms with van der Waals surface area (Å²) in [5.41, 5.74) is 0.0722. The summed E-state index contributed by atoms with van der Waals surface area (Å²) in [5, 5.41) is 0. The number of Topliss-reactive ketones (excluding diaryl/α,β-unsaturated/α-hetero) is 1. The average molecular weight is 195 g/mol. The molecule has 1 atom stereocenters. The lowest BCUT2D eigenvalue weighted by molar-refractivity contribution is 0.0896. The lowest BCUT2D eigenvalue weighted by Gasteiger charge is -2.06. The fourth-order valence-corrected chi connectivity index (χ4v) is 1.52. The molecule has 0 radical (unpaired) electrons. The van der Waals surface area contributed by atoms with Crippen LogP contribution in [0.4, 0.5) is 4.39 Å². The molecule has 1 unspecified atom stereocenters. The highest BCUT2D eigenvalue weighted by atomic mass is 19.1. The molecule has 0 N–H and O–H groups in total. The van der Waals surface area contributed by atoms with Crippen molar-refractivity contribution < 1.29 is 13.9 Å². The highest BCUT2D eigenvalue weighted by Crippen LogP contribution is 2.19. The Labute approximate surface area is 80.9 Å². The number of nitrogens with zero attached hydrogens (tertiary/aromatic N) is 1. The second kappa shape index (κ2) is 3.84. The highest BCUT2D eigenvalue weighted by molar-refractivity contribution is 5.98. The zero-order valence-corrected chi connectivity index (χ0v) is 7.57. The summed E-state index contributed by atoms with van der Waals surface area (Å²) >= 11 is 0. The van der Waals surface area contributed by atoms with Gasteiger partial charge in [-0.3, -0.25) is 9.78 Å². The highest BCUT2D eigenvalue weighted by Gasteiger charge is 2.26. The number of hydrogen-bond donors (Lipinski definition) is 0. The van der Waals surface area contributed by atoms with E-state index >= 15 is 0 Å². The molecule has 0 saturated carbocycles. The Hall–Kier alpha value is -1.29. The maximum atomic E-state index is 13.2. The van der Waals surface area contributed by atoms with Crippen LogP contribution in [-0.2, 0) is 4.74 Å². The van der Waals surface area contributed by atoms with Crippen molar-refractivity contribution >= 4 is 5.78 Å². The number of ketones is 1. The Kier molecular flexibility index (Phi) is 2.54. The van der Waals surface area contributed by atoms with E-state index in [9.17, 15) is 9.18 Å². The number of hydrogen-bond acceptors (Lipinski definition) is 3. The van der Waals surface area contributed by atoms with Crippen LogP contribution in [0.1, 0.15) is 16.8 Å². The first kappa shape index (κ1) is 9.27. The van der Waals surface area contributed by atoms with Crippen LogP contribution in [0.2, 0.25) is 0 Å². The van der Waals surface area contributed by atoms with Crippen LogP contribution in [0.15, 0.2) is 18.5 Å². The molecule has 0 bridgehead atoms. The first-order valence-electron chi connectivity index (χ1n) is 4.50. The van der Waals surface area contributed by atoms with Gasteiger partial charge in [0.15, 0.2) is 5.78 Å². The minimum Gasteiger partial charge on any atom is -0.381 e. The monoisotopic (exact) mass is 195 g/mol. The molecular formula is C10H10FNO2. The van der Waals surface area contributed by atoms with E-state index in [0.29, 0.717) is 19.6 Å². The summed E-state index contributed by atoms with van der Waals surface area (Å²) in [5.74, 6) is -0.904. The van der Waals surface area contributed by atoms with Crippen molar-refractivity contribution in [3.63, 3.8) is 0 Å². The molecule has 1 aliphatic heterocycles. The average Bonchev–Trinajstić information content (AvgIpc) is 2.70. The topological polar surface area (TPSA) is 39.2 Å². The predicted octanol–water partition coefficient (Wildman–Crippen LogP) is 1.44. The van der Waals surface area contributed by atoms with Gasteiger partial charge in [-0.25, -0.2) is 4.39 Å². The SMILES string of the molecule is O=C(c1cnccc1F)C1CCOC1. The zero-order valence-electron chi connectivity index (χ0n) is 7.57. The smallest absolute Gasteiger partial charge is 0.172 e. The fraction of sp³-hybridized carbons (Fsp3) is 0.400. The molecule has 4 heteroatoms. The summed E-state index contributed by atoms with van der Waals surface area (Å²) in [7, 11) is 0. The molecule has 1 aromatic rings. The number of halogens is 1. The van der Waals surface area contributed by atoms with E-state index in [1.54, 1.807) is 0 Å². The van der Waals surface area contributed by atoms with E-state index in [-0.39, 0.29) is 17.3 Å². The van der Waals surface area contributed by atoms with Crippen LogP contribution in [0.3, 0.4) is 0 Å². The van der Waals surface area contributed by atoms with Crippen LogP contribution >= 0.6 is 0 Å². The van der Waals surface area contributed by atoms with Gasteiger partial charge in [-0.1, -0.05) is 0 Å². The van der Waals surface area contributed by atoms with Crippen LogP contribution in [-0.4, -0.2) is 24.0 Å². The summed E-state index contributed by atoms with van der Waals surface area (Å²) in [4.78, 5) is 15.4. The lowest BCUT2D eigenvalue weighted by Crippen LogP contribution is -2.16. The molecule has 0 spiro atoms. The minimum atomic E-state index is -0.503. The molecule has 3 nitrogen and oxygen atoms in total. The van der Waals surface area contributed by atoms with Gasteiger partial charge in [0.1, 0.15) is 5.82 Å². The Morgan fingerprint density at radius 3 is 3.14 bits per heavy atom. The van der Waals surface area contributed by atoms with E-state index in [2.05, 4.69) is 4.98 Å². The van der Waals surface area contributed by atoms with Crippen molar-refractivity contribution in [2.75, 3.05) is 13.2 Å². The van der Waals surface area contributed by atoms with Crippen molar-refractivity contribution in [1.82, 2.24) is 4.98 Å². The Bertz CT molecular complexity index is 348. The Morgan fingerprint density at radius 2 is 2.50 bits per heavy atom. The van der Waals surface area contributed by atoms with Gasteiger partial charge in [-0.05, 0) is 12.5 Å². The molecule has 74 valence electrons. The van der Waals surface area contributed by atoms with E-state index in [1.807, 2.05) is 0 Å². The molecule has 0 aromatic carbocycles. The number of carbonyl (C=O) groups is 1. The summed E-state index contributed by atoms with van der Waals surface area (Å²) in [6.45, 7) is 0.978. The molecule has 14 heavy (non-hydrogen) atoms. The number of aromatic nitrogens is 1. The molecule has 1 aromatic heterocycles. The van der Waals surface area contributed by atoms with Gasteiger partial charge in [0.2, 0.25) is 0 Å². The third kappa shape index (κ3) is 1.65. The quantitative estimate of drug-likeness (QED) is 0.670. The van der Waals surface area contributed by atoms with Crippen LogP contribution in [0.5, 0.6) is 0 Å². The fourth-order valence-electron chi connectivity index (χ4n) is 1.52. The molecule has 1 saturated heterocycles. The maximum absolute atomic E-state index is 13.2. The summed E-state index contributed by atoms with van der Waals surface area (Å²) < 4.78 is 18.3. The normalized spacial score (nSPS) is 21.1. The minimum absolute atomic E-state index is 0.0722. The van der Waals surface area contributed by atoms with Crippen molar-refractivity contribution in [2.24, 2.45) is 5.92 Å². The van der Waals surface area contributed by atoms with Gasteiger partial charge in [0.05, 0.1) is 12.2 Å². The standard InChI is InChI=1S/C10H10FNO2/c11-9-1-3-12-5-8(9)10(13)7-2-4-14-6-7/h1,3,5,7H,2,4,6H2. The van der Waals surface area contributed by atoms with E-state index in [4.69, 9.17) is 4.74 Å². The van der Waals surface area contributed by atoms with Crippen molar-refractivity contribution in [2.45, 2.75) is 6.42 Å². The largest absolute Gasteiger partial charge is 0.381 e. The van der Waals surface area contributed by atoms with E-state index in [0.717, 1.165) is 0 Å². The van der Waals surface area contributed by atoms with Gasteiger partial charge in [-0.15, -0.1) is 0 Å². The Morgan fingerprint density at radius 1 is 1.64 bits per heavy atom. The van der Waals surface area contributed by atoms with Gasteiger partial charge in [0.25, 0.3) is 0 Å². The molecule has 0 aliphatic carbocycles. The first-order valence-corrected chi connectivity index (χ1v) is 4.50. The third-order valence-electron chi connectivity index (χ3n) is 2.33. The molecular weight excluding hydrogens is 185 g/mol. The summed E-state index contributed by atoms with van der Waals surface area (Å²) in [6.07, 6.45) is 3.28. The second-order valence-electron chi connectivity index (χ2n) is 3.28. The molecule has 1 aliphatic rings. The van der Waals surface area contributed by atoms with E-state index in [1.165, 1.54) is 18.5 Å². The lowest BCUT2D eigenvalue weighted by atomic mass is 9.98. The maximum Gasteiger partial charge on any atom is 0.172 e. The predicted molar refractivity (Wildman–Crippen MR) is 47.5 cm³/mol. The number of ether oxygens (including phenoxy) is 1. The van der Waals surface area contributed by atoms with E-state index < -0.39 is 5.82 Å². The van der Waals surface area contributed by atoms with Crippen LogP contribution < -0.4 is 0 Å². The number of rotatable bonds is 2. The van der Waals surface area contributed by atoms with Gasteiger partial charge in [-0.2, -0.15) is 0 Å².